The van der Waals surface area contributed by atoms with E-state index in [9.17, 15) is 9.59 Å². The summed E-state index contributed by atoms with van der Waals surface area (Å²) in [6.45, 7) is 0. The molecule has 0 saturated heterocycles. The zero-order valence-corrected chi connectivity index (χ0v) is 10.4. The summed E-state index contributed by atoms with van der Waals surface area (Å²) in [6, 6.07) is 9.17. The minimum Gasteiger partial charge on any atom is -0.326 e. The molecular formula is C14H11NO2S. The van der Waals surface area contributed by atoms with Crippen molar-refractivity contribution in [2.75, 3.05) is 5.32 Å². The Kier molecular flexibility index (Phi) is 2.72. The molecule has 3 rings (SSSR count). The molecule has 0 fully saturated rings. The van der Waals surface area contributed by atoms with E-state index in [1.165, 1.54) is 11.3 Å². The average molecular weight is 257 g/mol. The van der Waals surface area contributed by atoms with Gasteiger partial charge in [-0.05, 0) is 41.6 Å². The van der Waals surface area contributed by atoms with Crippen LogP contribution >= 0.6 is 11.3 Å². The number of amides is 1. The van der Waals surface area contributed by atoms with Crippen LogP contribution in [0.5, 0.6) is 0 Å². The van der Waals surface area contributed by atoms with Crippen LogP contribution < -0.4 is 5.32 Å². The lowest BCUT2D eigenvalue weighted by atomic mass is 9.98. The van der Waals surface area contributed by atoms with E-state index < -0.39 is 0 Å². The van der Waals surface area contributed by atoms with Gasteiger partial charge in [-0.2, -0.15) is 0 Å². The van der Waals surface area contributed by atoms with E-state index >= 15 is 0 Å². The molecule has 1 aliphatic heterocycles. The van der Waals surface area contributed by atoms with Crippen molar-refractivity contribution in [3.05, 3.63) is 51.7 Å². The number of ketones is 1. The molecule has 0 unspecified atom stereocenters. The summed E-state index contributed by atoms with van der Waals surface area (Å²) in [5, 5.41) is 4.71. The first-order valence-corrected chi connectivity index (χ1v) is 6.63. The highest BCUT2D eigenvalue weighted by molar-refractivity contribution is 7.12. The van der Waals surface area contributed by atoms with Crippen LogP contribution in [0, 0.1) is 0 Å². The fraction of sp³-hybridized carbons (Fsp3) is 0.143. The SMILES string of the molecule is O=C1CCc2cc(C(=O)c3cccs3)ccc2N1. The summed E-state index contributed by atoms with van der Waals surface area (Å²) in [6.07, 6.45) is 1.19. The lowest BCUT2D eigenvalue weighted by Crippen LogP contribution is -2.19. The van der Waals surface area contributed by atoms with Gasteiger partial charge in [-0.25, -0.2) is 0 Å². The molecule has 0 radical (unpaired) electrons. The molecule has 0 spiro atoms. The lowest BCUT2D eigenvalue weighted by Gasteiger charge is -2.17. The number of anilines is 1. The molecule has 2 aromatic rings. The third-order valence-corrected chi connectivity index (χ3v) is 3.88. The van der Waals surface area contributed by atoms with Gasteiger partial charge >= 0.3 is 0 Å². The molecule has 0 atom stereocenters. The van der Waals surface area contributed by atoms with Crippen LogP contribution in [0.4, 0.5) is 5.69 Å². The third-order valence-electron chi connectivity index (χ3n) is 3.01. The smallest absolute Gasteiger partial charge is 0.224 e. The first-order valence-electron chi connectivity index (χ1n) is 5.75. The van der Waals surface area contributed by atoms with Crippen molar-refractivity contribution in [3.8, 4) is 0 Å². The van der Waals surface area contributed by atoms with E-state index in [0.29, 0.717) is 18.4 Å². The molecule has 3 nitrogen and oxygen atoms in total. The molecule has 0 bridgehead atoms. The van der Waals surface area contributed by atoms with Gasteiger partial charge in [0.15, 0.2) is 0 Å². The first-order chi connectivity index (χ1) is 8.74. The first kappa shape index (κ1) is 11.2. The van der Waals surface area contributed by atoms with Crippen LogP contribution in [0.3, 0.4) is 0 Å². The molecule has 2 heterocycles. The summed E-state index contributed by atoms with van der Waals surface area (Å²) in [4.78, 5) is 24.2. The van der Waals surface area contributed by atoms with Gasteiger partial charge in [-0.1, -0.05) is 6.07 Å². The number of benzene rings is 1. The second-order valence-corrected chi connectivity index (χ2v) is 5.17. The molecular weight excluding hydrogens is 246 g/mol. The largest absolute Gasteiger partial charge is 0.326 e. The average Bonchev–Trinajstić information content (AvgIpc) is 2.91. The van der Waals surface area contributed by atoms with Gasteiger partial charge in [-0.15, -0.1) is 11.3 Å². The number of nitrogens with one attached hydrogen (secondary N) is 1. The fourth-order valence-corrected chi connectivity index (χ4v) is 2.76. The Bertz CT molecular complexity index is 617. The topological polar surface area (TPSA) is 46.2 Å². The van der Waals surface area contributed by atoms with Crippen molar-refractivity contribution in [2.45, 2.75) is 12.8 Å². The predicted molar refractivity (Wildman–Crippen MR) is 71.1 cm³/mol. The third kappa shape index (κ3) is 1.95. The molecule has 1 aromatic carbocycles. The molecule has 0 saturated carbocycles. The molecule has 0 aliphatic carbocycles. The quantitative estimate of drug-likeness (QED) is 0.841. The van der Waals surface area contributed by atoms with E-state index in [1.54, 1.807) is 6.07 Å². The van der Waals surface area contributed by atoms with Crippen molar-refractivity contribution in [2.24, 2.45) is 0 Å². The number of carbonyl (C=O) groups is 2. The number of fused-ring (bicyclic) bond motifs is 1. The lowest BCUT2D eigenvalue weighted by molar-refractivity contribution is -0.116. The van der Waals surface area contributed by atoms with Crippen molar-refractivity contribution in [1.29, 1.82) is 0 Å². The zero-order chi connectivity index (χ0) is 12.5. The van der Waals surface area contributed by atoms with Crippen LogP contribution in [0.15, 0.2) is 35.7 Å². The van der Waals surface area contributed by atoms with Gasteiger partial charge in [0.05, 0.1) is 4.88 Å². The van der Waals surface area contributed by atoms with Gasteiger partial charge < -0.3 is 5.32 Å². The highest BCUT2D eigenvalue weighted by Crippen LogP contribution is 2.25. The zero-order valence-electron chi connectivity index (χ0n) is 9.60. The predicted octanol–water partition coefficient (Wildman–Crippen LogP) is 2.86. The van der Waals surface area contributed by atoms with Crippen LogP contribution in [-0.2, 0) is 11.2 Å². The van der Waals surface area contributed by atoms with E-state index in [0.717, 1.165) is 16.1 Å². The van der Waals surface area contributed by atoms with Crippen LogP contribution in [0.2, 0.25) is 0 Å². The number of carbonyl (C=O) groups excluding carboxylic acids is 2. The maximum Gasteiger partial charge on any atom is 0.224 e. The normalized spacial score (nSPS) is 13.9. The standard InChI is InChI=1S/C14H11NO2S/c16-13-6-4-9-8-10(3-5-11(9)15-13)14(17)12-2-1-7-18-12/h1-3,5,7-8H,4,6H2,(H,15,16). The maximum atomic E-state index is 12.2. The van der Waals surface area contributed by atoms with Gasteiger partial charge in [0.1, 0.15) is 0 Å². The summed E-state index contributed by atoms with van der Waals surface area (Å²) in [5.41, 5.74) is 2.55. The Labute approximate surface area is 108 Å². The second kappa shape index (κ2) is 4.38. The maximum absolute atomic E-state index is 12.2. The monoisotopic (exact) mass is 257 g/mol. The Morgan fingerprint density at radius 2 is 2.11 bits per heavy atom. The number of aryl methyl sites for hydroxylation is 1. The van der Waals surface area contributed by atoms with Crippen molar-refractivity contribution in [1.82, 2.24) is 0 Å². The summed E-state index contributed by atoms with van der Waals surface area (Å²) in [7, 11) is 0. The highest BCUT2D eigenvalue weighted by atomic mass is 32.1. The Hall–Kier alpha value is -1.94. The van der Waals surface area contributed by atoms with Gasteiger partial charge in [0, 0.05) is 17.7 Å². The van der Waals surface area contributed by atoms with Crippen LogP contribution in [0.1, 0.15) is 27.2 Å². The van der Waals surface area contributed by atoms with Crippen LogP contribution in [-0.4, -0.2) is 11.7 Å². The number of rotatable bonds is 2. The van der Waals surface area contributed by atoms with Crippen molar-refractivity contribution in [3.63, 3.8) is 0 Å². The number of hydrogen-bond donors (Lipinski definition) is 1. The minimum atomic E-state index is 0.0415. The van der Waals surface area contributed by atoms with E-state index in [4.69, 9.17) is 0 Å². The van der Waals surface area contributed by atoms with Crippen molar-refractivity contribution < 1.29 is 9.59 Å². The molecule has 1 N–H and O–H groups in total. The Morgan fingerprint density at radius 3 is 2.89 bits per heavy atom. The van der Waals surface area contributed by atoms with Gasteiger partial charge in [0.25, 0.3) is 0 Å². The van der Waals surface area contributed by atoms with Gasteiger partial charge in [0.2, 0.25) is 11.7 Å². The van der Waals surface area contributed by atoms with Crippen molar-refractivity contribution >= 4 is 28.7 Å². The molecule has 18 heavy (non-hydrogen) atoms. The summed E-state index contributed by atoms with van der Waals surface area (Å²) >= 11 is 1.44. The molecule has 1 aromatic heterocycles. The van der Waals surface area contributed by atoms with Gasteiger partial charge in [-0.3, -0.25) is 9.59 Å². The Balaban J connectivity index is 1.95. The number of hydrogen-bond acceptors (Lipinski definition) is 3. The molecule has 1 aliphatic rings. The highest BCUT2D eigenvalue weighted by Gasteiger charge is 2.17. The van der Waals surface area contributed by atoms with E-state index in [-0.39, 0.29) is 11.7 Å². The Morgan fingerprint density at radius 1 is 1.22 bits per heavy atom. The number of thiophene rings is 1. The second-order valence-electron chi connectivity index (χ2n) is 4.23. The molecule has 90 valence electrons. The van der Waals surface area contributed by atoms with E-state index in [2.05, 4.69) is 5.32 Å². The summed E-state index contributed by atoms with van der Waals surface area (Å²) < 4.78 is 0. The molecule has 4 heteroatoms. The minimum absolute atomic E-state index is 0.0415. The van der Waals surface area contributed by atoms with Crippen LogP contribution in [0.25, 0.3) is 0 Å². The summed E-state index contributed by atoms with van der Waals surface area (Å²) in [5.74, 6) is 0.0875. The fourth-order valence-electron chi connectivity index (χ4n) is 2.07. The van der Waals surface area contributed by atoms with E-state index in [1.807, 2.05) is 29.6 Å². The molecule has 1 amide bonds.